The van der Waals surface area contributed by atoms with Crippen LogP contribution in [0, 0.1) is 10.1 Å². The fourth-order valence-corrected chi connectivity index (χ4v) is 4.43. The average molecular weight is 527 g/mol. The molecule has 0 aliphatic carbocycles. The van der Waals surface area contributed by atoms with Gasteiger partial charge in [-0.15, -0.1) is 0 Å². The minimum Gasteiger partial charge on any atom is -0.497 e. The first kappa shape index (κ1) is 30.3. The van der Waals surface area contributed by atoms with Crippen LogP contribution in [-0.4, -0.2) is 79.1 Å². The number of rotatable bonds is 7. The number of carbonyl (C=O) groups is 1. The summed E-state index contributed by atoms with van der Waals surface area (Å²) in [5, 5.41) is 12.8. The van der Waals surface area contributed by atoms with Crippen molar-refractivity contribution in [3.63, 3.8) is 0 Å². The minimum atomic E-state index is -0.609. The monoisotopic (exact) mass is 526 g/mol. The average Bonchev–Trinajstić information content (AvgIpc) is 2.92. The second kappa shape index (κ2) is 13.5. The van der Waals surface area contributed by atoms with E-state index in [4.69, 9.17) is 4.74 Å². The molecule has 1 aliphatic rings. The van der Waals surface area contributed by atoms with Gasteiger partial charge in [0.1, 0.15) is 11.4 Å². The van der Waals surface area contributed by atoms with Gasteiger partial charge in [-0.05, 0) is 44.4 Å². The van der Waals surface area contributed by atoms with Gasteiger partial charge in [0.25, 0.3) is 5.91 Å². The smallest absolute Gasteiger partial charge is 0.357 e. The molecule has 1 fully saturated rings. The van der Waals surface area contributed by atoms with Crippen LogP contribution in [0.2, 0.25) is 0 Å². The molecule has 1 aliphatic heterocycles. The van der Waals surface area contributed by atoms with E-state index in [-0.39, 0.29) is 12.1 Å². The molecule has 1 saturated heterocycles. The molecule has 2 heterocycles. The van der Waals surface area contributed by atoms with E-state index in [1.807, 2.05) is 62.0 Å². The lowest BCUT2D eigenvalue weighted by molar-refractivity contribution is -0.385. The van der Waals surface area contributed by atoms with Gasteiger partial charge >= 0.3 is 11.2 Å². The van der Waals surface area contributed by atoms with Gasteiger partial charge in [-0.25, -0.2) is 0 Å². The Morgan fingerprint density at radius 1 is 1.03 bits per heavy atom. The minimum absolute atomic E-state index is 0. The number of nitrogens with zero attached hydrogens (tertiary/aromatic N) is 5. The fraction of sp³-hybridized carbons (Fsp3) is 0.407. The number of anilines is 1. The topological polar surface area (TPSA) is 136 Å². The lowest BCUT2D eigenvalue weighted by Gasteiger charge is -2.36. The van der Waals surface area contributed by atoms with E-state index >= 15 is 0 Å². The summed E-state index contributed by atoms with van der Waals surface area (Å²) in [7, 11) is 5.35. The summed E-state index contributed by atoms with van der Waals surface area (Å²) in [6, 6.07) is 14.2. The van der Waals surface area contributed by atoms with Crippen molar-refractivity contribution >= 4 is 28.2 Å². The normalized spacial score (nSPS) is 13.0. The Balaban J connectivity index is 0.00000165. The summed E-state index contributed by atoms with van der Waals surface area (Å²) in [4.78, 5) is 43.3. The van der Waals surface area contributed by atoms with E-state index in [1.54, 1.807) is 36.3 Å². The molecule has 1 amide bonds. The van der Waals surface area contributed by atoms with Gasteiger partial charge in [0.15, 0.2) is 0 Å². The molecule has 0 radical (unpaired) electrons. The summed E-state index contributed by atoms with van der Waals surface area (Å²) < 4.78 is 6.64. The Morgan fingerprint density at radius 3 is 2.18 bits per heavy atom. The van der Waals surface area contributed by atoms with Crippen molar-refractivity contribution < 1.29 is 14.5 Å². The predicted octanol–water partition coefficient (Wildman–Crippen LogP) is 3.63. The third kappa shape index (κ3) is 6.29. The standard InChI is InChI=1S/C25H29N5O5.C2H6.H3N/c1-26(2)12-17-29-21-7-5-4-6-20(21)22(23(25(29)32)30(33)34)27-13-15-28(16-14-27)24(31)18-8-10-19(35-3)11-9-18;1-2;/h4-11H,12-17H2,1-3H3;1-2H3;1H3. The summed E-state index contributed by atoms with van der Waals surface area (Å²) >= 11 is 0. The van der Waals surface area contributed by atoms with Crippen LogP contribution < -0.4 is 21.3 Å². The zero-order valence-corrected chi connectivity index (χ0v) is 22.8. The molecule has 2 aromatic carbocycles. The van der Waals surface area contributed by atoms with E-state index in [0.717, 1.165) is 0 Å². The van der Waals surface area contributed by atoms with Gasteiger partial charge in [0.2, 0.25) is 0 Å². The number of piperazine rings is 1. The number of carbonyl (C=O) groups excluding carboxylic acids is 1. The van der Waals surface area contributed by atoms with Crippen LogP contribution in [-0.2, 0) is 6.54 Å². The second-order valence-corrected chi connectivity index (χ2v) is 8.74. The maximum atomic E-state index is 13.3. The summed E-state index contributed by atoms with van der Waals surface area (Å²) in [5.41, 5.74) is 0.517. The van der Waals surface area contributed by atoms with Crippen molar-refractivity contribution in [3.8, 4) is 5.75 Å². The molecule has 11 nitrogen and oxygen atoms in total. The molecule has 0 atom stereocenters. The molecule has 0 unspecified atom stereocenters. The Labute approximate surface area is 222 Å². The maximum Gasteiger partial charge on any atom is 0.357 e. The first-order valence-corrected chi connectivity index (χ1v) is 12.4. The third-order valence-corrected chi connectivity index (χ3v) is 6.30. The first-order valence-electron chi connectivity index (χ1n) is 12.4. The Morgan fingerprint density at radius 2 is 1.63 bits per heavy atom. The van der Waals surface area contributed by atoms with Crippen molar-refractivity contribution in [1.82, 2.24) is 20.5 Å². The van der Waals surface area contributed by atoms with Crippen molar-refractivity contribution in [3.05, 3.63) is 74.6 Å². The van der Waals surface area contributed by atoms with E-state index in [1.165, 1.54) is 4.57 Å². The number of amides is 1. The van der Waals surface area contributed by atoms with E-state index in [9.17, 15) is 19.7 Å². The molecule has 1 aromatic heterocycles. The molecule has 38 heavy (non-hydrogen) atoms. The van der Waals surface area contributed by atoms with Crippen molar-refractivity contribution in [1.29, 1.82) is 0 Å². The van der Waals surface area contributed by atoms with E-state index < -0.39 is 16.2 Å². The summed E-state index contributed by atoms with van der Waals surface area (Å²) in [6.07, 6.45) is 0. The number of methoxy groups -OCH3 is 1. The third-order valence-electron chi connectivity index (χ3n) is 6.30. The van der Waals surface area contributed by atoms with Crippen LogP contribution in [0.15, 0.2) is 53.3 Å². The number of ether oxygens (including phenoxy) is 1. The number of benzene rings is 2. The van der Waals surface area contributed by atoms with Crippen LogP contribution in [0.4, 0.5) is 11.4 Å². The Bertz CT molecular complexity index is 1300. The van der Waals surface area contributed by atoms with E-state index in [2.05, 4.69) is 0 Å². The summed E-state index contributed by atoms with van der Waals surface area (Å²) in [6.45, 7) is 6.46. The second-order valence-electron chi connectivity index (χ2n) is 8.74. The fourth-order valence-electron chi connectivity index (χ4n) is 4.43. The predicted molar refractivity (Wildman–Crippen MR) is 151 cm³/mol. The number of pyridine rings is 1. The number of para-hydroxylation sites is 1. The zero-order chi connectivity index (χ0) is 27.1. The largest absolute Gasteiger partial charge is 0.497 e. The molecule has 3 aromatic rings. The zero-order valence-electron chi connectivity index (χ0n) is 22.8. The highest BCUT2D eigenvalue weighted by atomic mass is 16.6. The quantitative estimate of drug-likeness (QED) is 0.364. The van der Waals surface area contributed by atoms with Crippen LogP contribution in [0.3, 0.4) is 0 Å². The first-order chi connectivity index (χ1) is 17.8. The number of hydrogen-bond acceptors (Lipinski definition) is 8. The van der Waals surface area contributed by atoms with Gasteiger partial charge in [-0.2, -0.15) is 0 Å². The Hall–Kier alpha value is -3.96. The van der Waals surface area contributed by atoms with Crippen molar-refractivity contribution in [2.75, 3.05) is 58.8 Å². The molecule has 3 N–H and O–H groups in total. The number of nitro groups is 1. The van der Waals surface area contributed by atoms with Gasteiger partial charge in [-0.3, -0.25) is 19.7 Å². The Kier molecular flexibility index (Phi) is 10.8. The van der Waals surface area contributed by atoms with Gasteiger partial charge < -0.3 is 30.2 Å². The number of hydrogen-bond donors (Lipinski definition) is 1. The number of aromatic nitrogens is 1. The van der Waals surface area contributed by atoms with E-state index in [0.29, 0.717) is 67.2 Å². The number of likely N-dealkylation sites (N-methyl/N-ethyl adjacent to an activating group) is 1. The molecule has 11 heteroatoms. The molecular formula is C27H38N6O5. The lowest BCUT2D eigenvalue weighted by atomic mass is 10.1. The molecule has 0 saturated carbocycles. The molecule has 0 spiro atoms. The molecule has 206 valence electrons. The summed E-state index contributed by atoms with van der Waals surface area (Å²) in [5.74, 6) is 0.566. The molecule has 0 bridgehead atoms. The van der Waals surface area contributed by atoms with Gasteiger partial charge in [0, 0.05) is 50.2 Å². The number of fused-ring (bicyclic) bond motifs is 1. The highest BCUT2D eigenvalue weighted by molar-refractivity contribution is 5.97. The molecule has 4 rings (SSSR count). The maximum absolute atomic E-state index is 13.3. The van der Waals surface area contributed by atoms with Crippen LogP contribution in [0.1, 0.15) is 24.2 Å². The lowest BCUT2D eigenvalue weighted by Crippen LogP contribution is -2.49. The van der Waals surface area contributed by atoms with Crippen molar-refractivity contribution in [2.24, 2.45) is 0 Å². The highest BCUT2D eigenvalue weighted by Crippen LogP contribution is 2.34. The van der Waals surface area contributed by atoms with Gasteiger partial charge in [-0.1, -0.05) is 32.0 Å². The van der Waals surface area contributed by atoms with Crippen LogP contribution >= 0.6 is 0 Å². The van der Waals surface area contributed by atoms with Crippen molar-refractivity contribution in [2.45, 2.75) is 20.4 Å². The highest BCUT2D eigenvalue weighted by Gasteiger charge is 2.32. The molecular weight excluding hydrogens is 488 g/mol. The van der Waals surface area contributed by atoms with Gasteiger partial charge in [0.05, 0.1) is 17.5 Å². The van der Waals surface area contributed by atoms with Crippen LogP contribution in [0.25, 0.3) is 10.9 Å². The SMILES string of the molecule is CC.COc1ccc(C(=O)N2CCN(c3c([N+](=O)[O-])c(=O)n(CCN(C)C)c4ccccc34)CC2)cc1.N. The van der Waals surface area contributed by atoms with Crippen LogP contribution in [0.5, 0.6) is 5.75 Å².